The third-order valence-electron chi connectivity index (χ3n) is 5.01. The summed E-state index contributed by atoms with van der Waals surface area (Å²) < 4.78 is 5.61. The molecule has 1 fully saturated rings. The van der Waals surface area contributed by atoms with Crippen LogP contribution in [0.15, 0.2) is 18.2 Å². The molecule has 0 bridgehead atoms. The molecule has 0 atom stereocenters. The Morgan fingerprint density at radius 3 is 2.30 bits per heavy atom. The van der Waals surface area contributed by atoms with Gasteiger partial charge in [0.2, 0.25) is 11.8 Å². The summed E-state index contributed by atoms with van der Waals surface area (Å²) in [5.74, 6) is 0.593. The molecular formula is C20H27N3O4. The number of ether oxygens (including phenoxy) is 1. The molecule has 7 nitrogen and oxygen atoms in total. The number of anilines is 1. The van der Waals surface area contributed by atoms with Gasteiger partial charge >= 0.3 is 0 Å². The highest BCUT2D eigenvalue weighted by molar-refractivity contribution is 5.99. The highest BCUT2D eigenvalue weighted by Gasteiger charge is 2.31. The lowest BCUT2D eigenvalue weighted by atomic mass is 9.94. The van der Waals surface area contributed by atoms with E-state index in [0.29, 0.717) is 56.2 Å². The molecule has 0 aromatic heterocycles. The van der Waals surface area contributed by atoms with Crippen molar-refractivity contribution in [3.05, 3.63) is 23.8 Å². The number of carbonyl (C=O) groups is 3. The topological polar surface area (TPSA) is 70.2 Å². The van der Waals surface area contributed by atoms with Crippen LogP contribution in [0.5, 0.6) is 5.75 Å². The normalized spacial score (nSPS) is 17.9. The average Bonchev–Trinajstić information content (AvgIpc) is 2.78. The predicted octanol–water partition coefficient (Wildman–Crippen LogP) is 1.76. The van der Waals surface area contributed by atoms with Crippen molar-refractivity contribution >= 4 is 23.4 Å². The van der Waals surface area contributed by atoms with Gasteiger partial charge in [0.25, 0.3) is 5.91 Å². The largest absolute Gasteiger partial charge is 0.491 e. The molecule has 0 aliphatic carbocycles. The van der Waals surface area contributed by atoms with E-state index in [-0.39, 0.29) is 17.7 Å². The molecule has 1 aromatic rings. The standard InChI is InChI=1S/C20H27N3O4/c1-20(2,3)19(26)23-10-8-22(9-11-23)18(25)14-5-6-16-15(13-14)21(4)17(24)7-12-27-16/h5-6,13H,7-12H2,1-4H3. The van der Waals surface area contributed by atoms with E-state index in [1.165, 1.54) is 0 Å². The van der Waals surface area contributed by atoms with Gasteiger partial charge in [-0.2, -0.15) is 0 Å². The van der Waals surface area contributed by atoms with Crippen molar-refractivity contribution in [2.75, 3.05) is 44.7 Å². The molecule has 0 radical (unpaired) electrons. The summed E-state index contributed by atoms with van der Waals surface area (Å²) in [7, 11) is 1.70. The summed E-state index contributed by atoms with van der Waals surface area (Å²) in [6.07, 6.45) is 0.318. The van der Waals surface area contributed by atoms with Crippen molar-refractivity contribution in [3.8, 4) is 5.75 Å². The van der Waals surface area contributed by atoms with Crippen LogP contribution in [-0.4, -0.2) is 67.4 Å². The first kappa shape index (κ1) is 19.2. The van der Waals surface area contributed by atoms with Gasteiger partial charge in [0.15, 0.2) is 0 Å². The number of amides is 3. The van der Waals surface area contributed by atoms with Crippen LogP contribution in [0.4, 0.5) is 5.69 Å². The zero-order valence-electron chi connectivity index (χ0n) is 16.4. The lowest BCUT2D eigenvalue weighted by molar-refractivity contribution is -0.140. The van der Waals surface area contributed by atoms with Gasteiger partial charge in [-0.05, 0) is 18.2 Å². The number of benzene rings is 1. The number of piperazine rings is 1. The predicted molar refractivity (Wildman–Crippen MR) is 102 cm³/mol. The molecule has 3 amide bonds. The fourth-order valence-electron chi connectivity index (χ4n) is 3.35. The number of fused-ring (bicyclic) bond motifs is 1. The van der Waals surface area contributed by atoms with Crippen molar-refractivity contribution in [3.63, 3.8) is 0 Å². The molecule has 0 spiro atoms. The Labute approximate surface area is 159 Å². The minimum absolute atomic E-state index is 0.0346. The van der Waals surface area contributed by atoms with Gasteiger partial charge in [-0.3, -0.25) is 14.4 Å². The number of rotatable bonds is 1. The maximum absolute atomic E-state index is 12.9. The van der Waals surface area contributed by atoms with E-state index in [1.807, 2.05) is 25.7 Å². The molecule has 27 heavy (non-hydrogen) atoms. The van der Waals surface area contributed by atoms with Crippen LogP contribution in [0.3, 0.4) is 0 Å². The van der Waals surface area contributed by atoms with E-state index in [0.717, 1.165) is 0 Å². The summed E-state index contributed by atoms with van der Waals surface area (Å²) in [5.41, 5.74) is 0.722. The van der Waals surface area contributed by atoms with Gasteiger partial charge in [-0.1, -0.05) is 20.8 Å². The Kier molecular flexibility index (Phi) is 5.13. The quantitative estimate of drug-likeness (QED) is 0.752. The SMILES string of the molecule is CN1C(=O)CCOc2ccc(C(=O)N3CCN(C(=O)C(C)(C)C)CC3)cc21. The van der Waals surface area contributed by atoms with E-state index < -0.39 is 5.41 Å². The van der Waals surface area contributed by atoms with Crippen LogP contribution in [0.2, 0.25) is 0 Å². The Morgan fingerprint density at radius 2 is 1.67 bits per heavy atom. The molecule has 2 aliphatic heterocycles. The van der Waals surface area contributed by atoms with Gasteiger partial charge in [-0.25, -0.2) is 0 Å². The van der Waals surface area contributed by atoms with E-state index >= 15 is 0 Å². The van der Waals surface area contributed by atoms with Crippen LogP contribution in [0.25, 0.3) is 0 Å². The molecule has 1 aromatic carbocycles. The second-order valence-electron chi connectivity index (χ2n) is 8.07. The van der Waals surface area contributed by atoms with E-state index in [9.17, 15) is 14.4 Å². The highest BCUT2D eigenvalue weighted by atomic mass is 16.5. The van der Waals surface area contributed by atoms with Crippen LogP contribution < -0.4 is 9.64 Å². The minimum atomic E-state index is -0.416. The van der Waals surface area contributed by atoms with Crippen molar-refractivity contribution < 1.29 is 19.1 Å². The molecule has 2 heterocycles. The monoisotopic (exact) mass is 373 g/mol. The molecule has 146 valence electrons. The van der Waals surface area contributed by atoms with E-state index in [4.69, 9.17) is 4.74 Å². The van der Waals surface area contributed by atoms with Gasteiger partial charge in [0.1, 0.15) is 5.75 Å². The Morgan fingerprint density at radius 1 is 1.04 bits per heavy atom. The van der Waals surface area contributed by atoms with Crippen LogP contribution >= 0.6 is 0 Å². The average molecular weight is 373 g/mol. The van der Waals surface area contributed by atoms with E-state index in [2.05, 4.69) is 0 Å². The van der Waals surface area contributed by atoms with Crippen molar-refractivity contribution in [1.82, 2.24) is 9.80 Å². The van der Waals surface area contributed by atoms with Crippen molar-refractivity contribution in [2.45, 2.75) is 27.2 Å². The third-order valence-corrected chi connectivity index (χ3v) is 5.01. The zero-order valence-corrected chi connectivity index (χ0v) is 16.4. The van der Waals surface area contributed by atoms with Crippen molar-refractivity contribution in [1.29, 1.82) is 0 Å². The lowest BCUT2D eigenvalue weighted by Crippen LogP contribution is -2.53. The number of hydrogen-bond acceptors (Lipinski definition) is 4. The van der Waals surface area contributed by atoms with E-state index in [1.54, 1.807) is 35.0 Å². The second kappa shape index (κ2) is 7.21. The lowest BCUT2D eigenvalue weighted by Gasteiger charge is -2.37. The third kappa shape index (κ3) is 3.91. The van der Waals surface area contributed by atoms with Crippen LogP contribution in [0, 0.1) is 5.41 Å². The number of carbonyl (C=O) groups excluding carboxylic acids is 3. The maximum Gasteiger partial charge on any atom is 0.254 e. The van der Waals surface area contributed by atoms with Crippen LogP contribution in [-0.2, 0) is 9.59 Å². The first-order valence-electron chi connectivity index (χ1n) is 9.30. The molecule has 7 heteroatoms. The molecular weight excluding hydrogens is 346 g/mol. The Balaban J connectivity index is 1.72. The summed E-state index contributed by atoms with van der Waals surface area (Å²) >= 11 is 0. The highest BCUT2D eigenvalue weighted by Crippen LogP contribution is 2.32. The Hall–Kier alpha value is -2.57. The number of nitrogens with zero attached hydrogens (tertiary/aromatic N) is 3. The zero-order chi connectivity index (χ0) is 19.8. The van der Waals surface area contributed by atoms with Gasteiger partial charge in [0, 0.05) is 44.2 Å². The fraction of sp³-hybridized carbons (Fsp3) is 0.550. The minimum Gasteiger partial charge on any atom is -0.491 e. The molecule has 1 saturated heterocycles. The maximum atomic E-state index is 12.9. The smallest absolute Gasteiger partial charge is 0.254 e. The summed E-state index contributed by atoms with van der Waals surface area (Å²) in [5, 5.41) is 0. The summed E-state index contributed by atoms with van der Waals surface area (Å²) in [4.78, 5) is 42.5. The van der Waals surface area contributed by atoms with Gasteiger partial charge < -0.3 is 19.4 Å². The molecule has 0 unspecified atom stereocenters. The molecule has 0 saturated carbocycles. The second-order valence-corrected chi connectivity index (χ2v) is 8.07. The number of hydrogen-bond donors (Lipinski definition) is 0. The summed E-state index contributed by atoms with van der Waals surface area (Å²) in [6, 6.07) is 5.20. The molecule has 3 rings (SSSR count). The first-order valence-corrected chi connectivity index (χ1v) is 9.30. The Bertz CT molecular complexity index is 761. The summed E-state index contributed by atoms with van der Waals surface area (Å²) in [6.45, 7) is 8.13. The molecule has 0 N–H and O–H groups in total. The van der Waals surface area contributed by atoms with Gasteiger partial charge in [0.05, 0.1) is 18.7 Å². The fourth-order valence-corrected chi connectivity index (χ4v) is 3.35. The van der Waals surface area contributed by atoms with Crippen molar-refractivity contribution in [2.24, 2.45) is 5.41 Å². The molecule has 2 aliphatic rings. The van der Waals surface area contributed by atoms with Gasteiger partial charge in [-0.15, -0.1) is 0 Å². The van der Waals surface area contributed by atoms with Crippen LogP contribution in [0.1, 0.15) is 37.6 Å². The first-order chi connectivity index (χ1) is 12.7.